The van der Waals surface area contributed by atoms with Crippen LogP contribution in [0.4, 0.5) is 11.4 Å². The van der Waals surface area contributed by atoms with E-state index >= 15 is 0 Å². The van der Waals surface area contributed by atoms with E-state index in [-0.39, 0.29) is 27.3 Å². The Morgan fingerprint density at radius 2 is 1.93 bits per heavy atom. The van der Waals surface area contributed by atoms with Gasteiger partial charge in [-0.25, -0.2) is 13.6 Å². The number of thiocarbonyl (C=S) groups is 1. The van der Waals surface area contributed by atoms with Crippen molar-refractivity contribution in [3.05, 3.63) is 53.6 Å². The Balaban J connectivity index is 1.85. The highest BCUT2D eigenvalue weighted by molar-refractivity contribution is 7.89. The number of carbonyl (C=O) groups is 1. The lowest BCUT2D eigenvalue weighted by atomic mass is 10.1. The average Bonchev–Trinajstić information content (AvgIpc) is 2.91. The number of nitrogens with two attached hydrogens (primary N) is 1. The molecule has 2 aromatic rings. The first-order chi connectivity index (χ1) is 13.2. The highest BCUT2D eigenvalue weighted by Crippen LogP contribution is 2.32. The number of nitrogens with one attached hydrogen (secondary N) is 2. The molecule has 8 nitrogen and oxygen atoms in total. The molecule has 28 heavy (non-hydrogen) atoms. The molecule has 0 saturated heterocycles. The number of carbonyl (C=O) groups excluding carboxylic acids is 1. The lowest BCUT2D eigenvalue weighted by molar-refractivity contribution is -0.112. The van der Waals surface area contributed by atoms with Gasteiger partial charge >= 0.3 is 0 Å². The summed E-state index contributed by atoms with van der Waals surface area (Å²) in [6.45, 7) is 4.34. The van der Waals surface area contributed by atoms with Crippen LogP contribution in [0.3, 0.4) is 0 Å². The molecule has 10 heteroatoms. The number of nitrogens with zero attached hydrogens (tertiary/aromatic N) is 2. The zero-order valence-corrected chi connectivity index (χ0v) is 16.9. The summed E-state index contributed by atoms with van der Waals surface area (Å²) in [4.78, 5) is 14.3. The SMILES string of the molecule is CCN1C(=O)C(=NNC(=S)Nc2ccccc2S(N)(=O)=O)c2cccc(C)c21. The van der Waals surface area contributed by atoms with Gasteiger partial charge in [0, 0.05) is 12.1 Å². The molecule has 0 bridgehead atoms. The number of fused-ring (bicyclic) bond motifs is 1. The van der Waals surface area contributed by atoms with Crippen LogP contribution < -0.4 is 20.8 Å². The van der Waals surface area contributed by atoms with Crippen LogP contribution in [0.15, 0.2) is 52.5 Å². The van der Waals surface area contributed by atoms with E-state index in [1.165, 1.54) is 12.1 Å². The molecule has 1 heterocycles. The van der Waals surface area contributed by atoms with E-state index in [4.69, 9.17) is 17.4 Å². The topological polar surface area (TPSA) is 117 Å². The van der Waals surface area contributed by atoms with Gasteiger partial charge in [0.05, 0.1) is 11.4 Å². The molecule has 0 unspecified atom stereocenters. The maximum atomic E-state index is 12.7. The molecule has 1 amide bonds. The molecule has 0 aromatic heterocycles. The van der Waals surface area contributed by atoms with Gasteiger partial charge in [-0.2, -0.15) is 5.10 Å². The summed E-state index contributed by atoms with van der Waals surface area (Å²) in [5, 5.41) is 12.2. The van der Waals surface area contributed by atoms with Crippen LogP contribution >= 0.6 is 12.2 Å². The fraction of sp³-hybridized carbons (Fsp3) is 0.167. The third-order valence-electron chi connectivity index (χ3n) is 4.24. The largest absolute Gasteiger partial charge is 0.330 e. The number of aryl methyl sites for hydroxylation is 1. The smallest absolute Gasteiger partial charge is 0.279 e. The number of amides is 1. The average molecular weight is 418 g/mol. The molecule has 146 valence electrons. The highest BCUT2D eigenvalue weighted by atomic mass is 32.2. The van der Waals surface area contributed by atoms with E-state index in [0.29, 0.717) is 12.1 Å². The number of benzene rings is 2. The van der Waals surface area contributed by atoms with Gasteiger partial charge < -0.3 is 10.2 Å². The minimum Gasteiger partial charge on any atom is -0.330 e. The van der Waals surface area contributed by atoms with Crippen LogP contribution in [0.1, 0.15) is 18.1 Å². The number of hydrogen-bond acceptors (Lipinski definition) is 5. The standard InChI is InChI=1S/C18H19N5O3S2/c1-3-23-16-11(2)7-6-8-12(16)15(17(23)24)21-22-18(27)20-13-9-4-5-10-14(13)28(19,25)26/h4-10H,3H2,1-2H3,(H2,19,25,26)(H2,20,22,27). The number of primary sulfonamides is 1. The molecular weight excluding hydrogens is 398 g/mol. The first-order valence-electron chi connectivity index (χ1n) is 8.42. The van der Waals surface area contributed by atoms with Gasteiger partial charge in [0.2, 0.25) is 10.0 Å². The van der Waals surface area contributed by atoms with Gasteiger partial charge in [0.15, 0.2) is 10.8 Å². The molecule has 1 aliphatic heterocycles. The van der Waals surface area contributed by atoms with Gasteiger partial charge in [-0.3, -0.25) is 10.2 Å². The summed E-state index contributed by atoms with van der Waals surface area (Å²) in [7, 11) is -3.92. The minimum absolute atomic E-state index is 0.0283. The summed E-state index contributed by atoms with van der Waals surface area (Å²) < 4.78 is 23.4. The van der Waals surface area contributed by atoms with E-state index in [0.717, 1.165) is 11.3 Å². The first-order valence-corrected chi connectivity index (χ1v) is 10.4. The second-order valence-corrected chi connectivity index (χ2v) is 8.03. The van der Waals surface area contributed by atoms with Crippen molar-refractivity contribution in [2.75, 3.05) is 16.8 Å². The molecule has 2 aromatic carbocycles. The second kappa shape index (κ2) is 7.66. The fourth-order valence-electron chi connectivity index (χ4n) is 3.04. The summed E-state index contributed by atoms with van der Waals surface area (Å²) in [5.41, 5.74) is 5.58. The zero-order chi connectivity index (χ0) is 20.5. The maximum absolute atomic E-state index is 12.7. The van der Waals surface area contributed by atoms with E-state index in [1.807, 2.05) is 32.0 Å². The Labute approximate surface area is 168 Å². The van der Waals surface area contributed by atoms with Crippen molar-refractivity contribution < 1.29 is 13.2 Å². The van der Waals surface area contributed by atoms with Gasteiger partial charge in [0.25, 0.3) is 5.91 Å². The van der Waals surface area contributed by atoms with Crippen molar-refractivity contribution in [1.82, 2.24) is 5.43 Å². The maximum Gasteiger partial charge on any atom is 0.279 e. The molecule has 0 atom stereocenters. The van der Waals surface area contributed by atoms with Gasteiger partial charge in [0.1, 0.15) is 4.90 Å². The third-order valence-corrected chi connectivity index (χ3v) is 5.40. The zero-order valence-electron chi connectivity index (χ0n) is 15.3. The summed E-state index contributed by atoms with van der Waals surface area (Å²) >= 11 is 5.18. The van der Waals surface area contributed by atoms with Crippen LogP contribution in [0.5, 0.6) is 0 Å². The van der Waals surface area contributed by atoms with Gasteiger partial charge in [-0.05, 0) is 43.8 Å². The molecule has 1 aliphatic rings. The Kier molecular flexibility index (Phi) is 5.45. The molecule has 0 aliphatic carbocycles. The Bertz CT molecular complexity index is 1100. The van der Waals surface area contributed by atoms with Crippen molar-refractivity contribution in [3.8, 4) is 0 Å². The van der Waals surface area contributed by atoms with Crippen LogP contribution in [0.25, 0.3) is 0 Å². The molecule has 4 N–H and O–H groups in total. The van der Waals surface area contributed by atoms with E-state index in [2.05, 4.69) is 15.8 Å². The van der Waals surface area contributed by atoms with E-state index < -0.39 is 10.0 Å². The van der Waals surface area contributed by atoms with Crippen LogP contribution in [-0.4, -0.2) is 31.7 Å². The Hall–Kier alpha value is -2.82. The van der Waals surface area contributed by atoms with Crippen molar-refractivity contribution in [3.63, 3.8) is 0 Å². The number of para-hydroxylation sites is 2. The lowest BCUT2D eigenvalue weighted by Gasteiger charge is -2.15. The van der Waals surface area contributed by atoms with Crippen LogP contribution in [0.2, 0.25) is 0 Å². The Morgan fingerprint density at radius 1 is 1.21 bits per heavy atom. The number of anilines is 2. The first kappa shape index (κ1) is 19.9. The number of likely N-dealkylation sites (N-methyl/N-ethyl adjacent to an activating group) is 1. The van der Waals surface area contributed by atoms with Crippen molar-refractivity contribution in [2.24, 2.45) is 10.2 Å². The number of sulfonamides is 1. The normalized spacial score (nSPS) is 14.9. The number of hydrazone groups is 1. The monoisotopic (exact) mass is 417 g/mol. The predicted molar refractivity (Wildman–Crippen MR) is 113 cm³/mol. The van der Waals surface area contributed by atoms with E-state index in [9.17, 15) is 13.2 Å². The molecular formula is C18H19N5O3S2. The quantitative estimate of drug-likeness (QED) is 0.515. The number of hydrogen-bond donors (Lipinski definition) is 3. The van der Waals surface area contributed by atoms with E-state index in [1.54, 1.807) is 17.0 Å². The Morgan fingerprint density at radius 3 is 2.61 bits per heavy atom. The van der Waals surface area contributed by atoms with Crippen LogP contribution in [-0.2, 0) is 14.8 Å². The molecule has 3 rings (SSSR count). The van der Waals surface area contributed by atoms with Crippen molar-refractivity contribution in [1.29, 1.82) is 0 Å². The molecule has 0 spiro atoms. The van der Waals surface area contributed by atoms with Gasteiger partial charge in [-0.15, -0.1) is 0 Å². The van der Waals surface area contributed by atoms with Gasteiger partial charge in [-0.1, -0.05) is 30.3 Å². The minimum atomic E-state index is -3.92. The summed E-state index contributed by atoms with van der Waals surface area (Å²) in [6.07, 6.45) is 0. The van der Waals surface area contributed by atoms with Crippen molar-refractivity contribution >= 4 is 50.3 Å². The van der Waals surface area contributed by atoms with Crippen molar-refractivity contribution in [2.45, 2.75) is 18.7 Å². The number of rotatable bonds is 4. The molecule has 0 saturated carbocycles. The fourth-order valence-corrected chi connectivity index (χ4v) is 3.89. The third kappa shape index (κ3) is 3.75. The van der Waals surface area contributed by atoms with Crippen LogP contribution in [0, 0.1) is 6.92 Å². The predicted octanol–water partition coefficient (Wildman–Crippen LogP) is 1.70. The second-order valence-electron chi connectivity index (χ2n) is 6.09. The highest BCUT2D eigenvalue weighted by Gasteiger charge is 2.34. The summed E-state index contributed by atoms with van der Waals surface area (Å²) in [6, 6.07) is 11.7. The summed E-state index contributed by atoms with van der Waals surface area (Å²) in [5.74, 6) is -0.230. The lowest BCUT2D eigenvalue weighted by Crippen LogP contribution is -2.32. The molecule has 0 fully saturated rings. The molecule has 0 radical (unpaired) electrons.